The molecule has 6 N–H and O–H groups in total. The Morgan fingerprint density at radius 3 is 2.09 bits per heavy atom. The molecule has 0 bridgehead atoms. The molecule has 3 heterocycles. The highest BCUT2D eigenvalue weighted by Gasteiger charge is 2.46. The van der Waals surface area contributed by atoms with Gasteiger partial charge in [-0.2, -0.15) is 0 Å². The van der Waals surface area contributed by atoms with Gasteiger partial charge in [-0.15, -0.1) is 0 Å². The van der Waals surface area contributed by atoms with E-state index in [2.05, 4.69) is 42.5 Å². The largest absolute Gasteiger partial charge is 0.377 e. The van der Waals surface area contributed by atoms with Crippen molar-refractivity contribution in [3.8, 4) is 0 Å². The molecule has 9 nitrogen and oxygen atoms in total. The SMILES string of the molecule is NC(=O)C(N)c1ccc(Br)cc1.O=C1CCOC1.O=C1NC2(CCOC2)NC1c1ccc(Br)cc1. The Morgan fingerprint density at radius 1 is 1.00 bits per heavy atom. The third-order valence-electron chi connectivity index (χ3n) is 5.59. The van der Waals surface area contributed by atoms with Gasteiger partial charge in [-0.1, -0.05) is 56.1 Å². The molecule has 1 spiro atoms. The molecule has 3 fully saturated rings. The molecular formula is C24H28Br2N4O5. The van der Waals surface area contributed by atoms with E-state index in [-0.39, 0.29) is 23.4 Å². The van der Waals surface area contributed by atoms with E-state index in [0.29, 0.717) is 32.8 Å². The van der Waals surface area contributed by atoms with E-state index < -0.39 is 11.9 Å². The van der Waals surface area contributed by atoms with Crippen LogP contribution < -0.4 is 22.1 Å². The Morgan fingerprint density at radius 2 is 1.63 bits per heavy atom. The number of nitrogens with one attached hydrogen (secondary N) is 2. The molecule has 0 saturated carbocycles. The fourth-order valence-electron chi connectivity index (χ4n) is 3.63. The van der Waals surface area contributed by atoms with Crippen molar-refractivity contribution in [1.29, 1.82) is 0 Å². The highest BCUT2D eigenvalue weighted by molar-refractivity contribution is 9.10. The number of benzene rings is 2. The smallest absolute Gasteiger partial charge is 0.243 e. The van der Waals surface area contributed by atoms with Crippen LogP contribution in [0.1, 0.15) is 36.1 Å². The van der Waals surface area contributed by atoms with E-state index in [4.69, 9.17) is 20.9 Å². The number of hydrogen-bond donors (Lipinski definition) is 4. The summed E-state index contributed by atoms with van der Waals surface area (Å²) >= 11 is 6.66. The number of nitrogens with two attached hydrogens (primary N) is 2. The molecule has 2 amide bonds. The fourth-order valence-corrected chi connectivity index (χ4v) is 4.16. The van der Waals surface area contributed by atoms with Gasteiger partial charge >= 0.3 is 0 Å². The van der Waals surface area contributed by atoms with Crippen molar-refractivity contribution in [1.82, 2.24) is 10.6 Å². The molecule has 3 atom stereocenters. The average molecular weight is 612 g/mol. The topological polar surface area (TPSA) is 146 Å². The summed E-state index contributed by atoms with van der Waals surface area (Å²) in [6.45, 7) is 2.23. The number of carbonyl (C=O) groups is 3. The maximum atomic E-state index is 12.0. The molecule has 2 aromatic rings. The normalized spacial score (nSPS) is 23.7. The molecule has 5 rings (SSSR count). The van der Waals surface area contributed by atoms with Crippen LogP contribution in [0.2, 0.25) is 0 Å². The minimum Gasteiger partial charge on any atom is -0.377 e. The molecule has 35 heavy (non-hydrogen) atoms. The molecule has 2 aromatic carbocycles. The summed E-state index contributed by atoms with van der Waals surface area (Å²) in [7, 11) is 0. The van der Waals surface area contributed by atoms with Gasteiger partial charge in [-0.05, 0) is 35.4 Å². The van der Waals surface area contributed by atoms with Crippen LogP contribution >= 0.6 is 31.9 Å². The first kappa shape index (κ1) is 27.4. The number of ether oxygens (including phenoxy) is 2. The number of halogens is 2. The first-order chi connectivity index (χ1) is 16.7. The minimum absolute atomic E-state index is 0.0258. The van der Waals surface area contributed by atoms with E-state index in [1.807, 2.05) is 36.4 Å². The average Bonchev–Trinajstić information content (AvgIpc) is 3.58. The fraction of sp³-hybridized carbons (Fsp3) is 0.375. The van der Waals surface area contributed by atoms with Crippen LogP contribution in [0.3, 0.4) is 0 Å². The summed E-state index contributed by atoms with van der Waals surface area (Å²) in [6.07, 6.45) is 1.45. The van der Waals surface area contributed by atoms with Gasteiger partial charge in [0.05, 0.1) is 19.8 Å². The zero-order valence-corrected chi connectivity index (χ0v) is 22.1. The Labute approximate surface area is 220 Å². The van der Waals surface area contributed by atoms with Gasteiger partial charge in [0.25, 0.3) is 0 Å². The molecule has 0 radical (unpaired) electrons. The van der Waals surface area contributed by atoms with Crippen LogP contribution in [0.5, 0.6) is 0 Å². The second kappa shape index (κ2) is 12.7. The number of carbonyl (C=O) groups excluding carboxylic acids is 3. The van der Waals surface area contributed by atoms with E-state index in [9.17, 15) is 14.4 Å². The van der Waals surface area contributed by atoms with Crippen molar-refractivity contribution in [3.05, 3.63) is 68.6 Å². The quantitative estimate of drug-likeness (QED) is 0.416. The van der Waals surface area contributed by atoms with Crippen LogP contribution in [0, 0.1) is 0 Å². The van der Waals surface area contributed by atoms with Gasteiger partial charge in [-0.25, -0.2) is 0 Å². The monoisotopic (exact) mass is 610 g/mol. The summed E-state index contributed by atoms with van der Waals surface area (Å²) < 4.78 is 12.0. The lowest BCUT2D eigenvalue weighted by atomic mass is 10.1. The number of amides is 2. The van der Waals surface area contributed by atoms with Gasteiger partial charge in [0.15, 0.2) is 5.78 Å². The number of hydrogen-bond acceptors (Lipinski definition) is 7. The van der Waals surface area contributed by atoms with Crippen LogP contribution in [0.15, 0.2) is 57.5 Å². The molecule has 3 saturated heterocycles. The van der Waals surface area contributed by atoms with Crippen LogP contribution in [0.25, 0.3) is 0 Å². The van der Waals surface area contributed by atoms with Crippen molar-refractivity contribution >= 4 is 49.5 Å². The van der Waals surface area contributed by atoms with E-state index in [1.165, 1.54) is 0 Å². The van der Waals surface area contributed by atoms with Gasteiger partial charge in [0, 0.05) is 21.8 Å². The molecular weight excluding hydrogens is 584 g/mol. The van der Waals surface area contributed by atoms with Gasteiger partial charge < -0.3 is 26.3 Å². The summed E-state index contributed by atoms with van der Waals surface area (Å²) in [5.74, 6) is -0.259. The summed E-state index contributed by atoms with van der Waals surface area (Å²) in [4.78, 5) is 32.8. The number of rotatable bonds is 3. The van der Waals surface area contributed by atoms with Crippen molar-refractivity contribution in [2.75, 3.05) is 26.4 Å². The number of ketones is 1. The van der Waals surface area contributed by atoms with Crippen LogP contribution in [-0.2, 0) is 23.9 Å². The van der Waals surface area contributed by atoms with Crippen molar-refractivity contribution < 1.29 is 23.9 Å². The lowest BCUT2D eigenvalue weighted by molar-refractivity contribution is -0.121. The first-order valence-corrected chi connectivity index (χ1v) is 12.6. The molecule has 3 aliphatic heterocycles. The molecule has 0 aromatic heterocycles. The third-order valence-corrected chi connectivity index (χ3v) is 6.65. The Bertz CT molecular complexity index is 1020. The van der Waals surface area contributed by atoms with E-state index in [1.54, 1.807) is 12.1 Å². The lowest BCUT2D eigenvalue weighted by Crippen LogP contribution is -2.50. The Hall–Kier alpha value is -2.15. The van der Waals surface area contributed by atoms with Gasteiger partial charge in [0.1, 0.15) is 24.4 Å². The highest BCUT2D eigenvalue weighted by atomic mass is 79.9. The lowest BCUT2D eigenvalue weighted by Gasteiger charge is -2.21. The van der Waals surface area contributed by atoms with Crippen LogP contribution in [-0.4, -0.2) is 49.7 Å². The predicted molar refractivity (Wildman–Crippen MR) is 137 cm³/mol. The molecule has 3 unspecified atom stereocenters. The van der Waals surface area contributed by atoms with Crippen molar-refractivity contribution in [2.45, 2.75) is 30.6 Å². The summed E-state index contributed by atoms with van der Waals surface area (Å²) in [6, 6.07) is 14.0. The van der Waals surface area contributed by atoms with Crippen LogP contribution in [0.4, 0.5) is 0 Å². The first-order valence-electron chi connectivity index (χ1n) is 11.0. The summed E-state index contributed by atoms with van der Waals surface area (Å²) in [5.41, 5.74) is 11.9. The predicted octanol–water partition coefficient (Wildman–Crippen LogP) is 2.24. The summed E-state index contributed by atoms with van der Waals surface area (Å²) in [5, 5.41) is 6.36. The second-order valence-corrected chi connectivity index (χ2v) is 10.1. The molecule has 3 aliphatic rings. The highest BCUT2D eigenvalue weighted by Crippen LogP contribution is 2.28. The molecule has 0 aliphatic carbocycles. The van der Waals surface area contributed by atoms with Gasteiger partial charge in [0.2, 0.25) is 11.8 Å². The zero-order valence-electron chi connectivity index (χ0n) is 19.0. The zero-order chi connectivity index (χ0) is 25.4. The second-order valence-electron chi connectivity index (χ2n) is 8.28. The minimum atomic E-state index is -0.710. The maximum absolute atomic E-state index is 12.0. The van der Waals surface area contributed by atoms with Crippen molar-refractivity contribution in [2.24, 2.45) is 11.5 Å². The number of Topliss-reactive ketones (excluding diaryl/α,β-unsaturated/α-hetero) is 1. The van der Waals surface area contributed by atoms with E-state index >= 15 is 0 Å². The van der Waals surface area contributed by atoms with E-state index in [0.717, 1.165) is 26.5 Å². The van der Waals surface area contributed by atoms with Crippen molar-refractivity contribution in [3.63, 3.8) is 0 Å². The molecule has 188 valence electrons. The van der Waals surface area contributed by atoms with Gasteiger partial charge in [-0.3, -0.25) is 19.7 Å². The Balaban J connectivity index is 0.000000165. The Kier molecular flexibility index (Phi) is 9.96. The standard InChI is InChI=1S/C12H13BrN2O2.C8H9BrN2O.C4H6O2/c13-9-3-1-8(2-4-9)10-11(16)15-12(14-10)5-6-17-7-12;9-6-3-1-5(2-4-6)7(10)8(11)12;5-4-1-2-6-3-4/h1-4,10,14H,5-7H2,(H,15,16);1-4,7H,10H2,(H2,11,12);1-3H2. The number of primary amides is 1. The third kappa shape index (κ3) is 7.92. The molecule has 11 heteroatoms. The maximum Gasteiger partial charge on any atom is 0.243 e.